The van der Waals surface area contributed by atoms with E-state index in [9.17, 15) is 22.8 Å². The number of rotatable bonds is 6. The lowest BCUT2D eigenvalue weighted by atomic mass is 10.1. The summed E-state index contributed by atoms with van der Waals surface area (Å²) in [5, 5.41) is 13.9. The number of amides is 1. The maximum absolute atomic E-state index is 12.4. The van der Waals surface area contributed by atoms with Gasteiger partial charge < -0.3 is 15.7 Å². The number of hydrogen-bond acceptors (Lipinski definition) is 3. The Morgan fingerprint density at radius 3 is 2.24 bits per heavy atom. The Bertz CT molecular complexity index is 500. The van der Waals surface area contributed by atoms with Gasteiger partial charge in [-0.15, -0.1) is 0 Å². The lowest BCUT2D eigenvalue weighted by Gasteiger charge is -2.14. The minimum absolute atomic E-state index is 0.0318. The molecule has 0 aromatic heterocycles. The van der Waals surface area contributed by atoms with Crippen molar-refractivity contribution in [2.45, 2.75) is 25.7 Å². The molecule has 0 aliphatic rings. The number of alkyl halides is 3. The molecule has 3 N–H and O–H groups in total. The first kappa shape index (κ1) is 17.0. The van der Waals surface area contributed by atoms with Crippen LogP contribution in [0.2, 0.25) is 0 Å². The van der Waals surface area contributed by atoms with E-state index in [0.717, 1.165) is 12.1 Å². The van der Waals surface area contributed by atoms with Crippen molar-refractivity contribution in [3.05, 3.63) is 35.4 Å². The van der Waals surface area contributed by atoms with Crippen LogP contribution in [-0.2, 0) is 22.3 Å². The van der Waals surface area contributed by atoms with Crippen molar-refractivity contribution in [2.24, 2.45) is 0 Å². The Morgan fingerprint density at radius 2 is 1.81 bits per heavy atom. The number of carbonyl (C=O) groups excluding carboxylic acids is 1. The molecule has 1 unspecified atom stereocenters. The maximum Gasteiger partial charge on any atom is 0.416 e. The van der Waals surface area contributed by atoms with Gasteiger partial charge in [-0.3, -0.25) is 4.79 Å². The van der Waals surface area contributed by atoms with Crippen molar-refractivity contribution in [3.63, 3.8) is 0 Å². The van der Waals surface area contributed by atoms with Gasteiger partial charge in [-0.2, -0.15) is 13.2 Å². The monoisotopic (exact) mass is 304 g/mol. The van der Waals surface area contributed by atoms with Crippen LogP contribution in [0.3, 0.4) is 0 Å². The predicted molar refractivity (Wildman–Crippen MR) is 68.4 cm³/mol. The number of carboxylic acids is 1. The van der Waals surface area contributed by atoms with E-state index in [4.69, 9.17) is 5.11 Å². The lowest BCUT2D eigenvalue weighted by molar-refractivity contribution is -0.141. The molecule has 0 spiro atoms. The Balaban J connectivity index is 2.51. The number of hydrogen-bond donors (Lipinski definition) is 3. The van der Waals surface area contributed by atoms with E-state index in [1.807, 2.05) is 0 Å². The van der Waals surface area contributed by atoms with Crippen molar-refractivity contribution in [1.29, 1.82) is 0 Å². The van der Waals surface area contributed by atoms with Gasteiger partial charge in [0, 0.05) is 20.0 Å². The molecule has 0 saturated heterocycles. The van der Waals surface area contributed by atoms with E-state index in [-0.39, 0.29) is 13.1 Å². The SMILES string of the molecule is CC(=O)NC(CNCc1ccc(C(F)(F)F)cc1)C(=O)O. The zero-order valence-electron chi connectivity index (χ0n) is 11.2. The summed E-state index contributed by atoms with van der Waals surface area (Å²) in [6.45, 7) is 1.36. The molecule has 0 heterocycles. The first-order valence-corrected chi connectivity index (χ1v) is 6.07. The Kier molecular flexibility index (Phi) is 5.71. The summed E-state index contributed by atoms with van der Waals surface area (Å²) in [5.41, 5.74) is -0.164. The largest absolute Gasteiger partial charge is 0.480 e. The molecule has 116 valence electrons. The van der Waals surface area contributed by atoms with Crippen molar-refractivity contribution in [2.75, 3.05) is 6.54 Å². The van der Waals surface area contributed by atoms with Crippen molar-refractivity contribution < 1.29 is 27.9 Å². The summed E-state index contributed by atoms with van der Waals surface area (Å²) >= 11 is 0. The first-order valence-electron chi connectivity index (χ1n) is 6.07. The van der Waals surface area contributed by atoms with Gasteiger partial charge >= 0.3 is 12.1 Å². The minimum Gasteiger partial charge on any atom is -0.480 e. The third-order valence-corrected chi connectivity index (χ3v) is 2.63. The molecule has 8 heteroatoms. The standard InChI is InChI=1S/C13H15F3N2O3/c1-8(19)18-11(12(20)21)7-17-6-9-2-4-10(5-3-9)13(14,15)16/h2-5,11,17H,6-7H2,1H3,(H,18,19)(H,20,21). The fourth-order valence-electron chi connectivity index (χ4n) is 1.62. The summed E-state index contributed by atoms with van der Waals surface area (Å²) in [6.07, 6.45) is -4.38. The van der Waals surface area contributed by atoms with Gasteiger partial charge in [-0.1, -0.05) is 12.1 Å². The molecule has 1 rings (SSSR count). The van der Waals surface area contributed by atoms with Crippen LogP contribution in [-0.4, -0.2) is 29.6 Å². The second kappa shape index (κ2) is 7.07. The summed E-state index contributed by atoms with van der Waals surface area (Å²) in [5.74, 6) is -1.66. The number of halogens is 3. The number of aliphatic carboxylic acids is 1. The molecule has 0 bridgehead atoms. The van der Waals surface area contributed by atoms with E-state index < -0.39 is 29.7 Å². The quantitative estimate of drug-likeness (QED) is 0.742. The number of nitrogens with one attached hydrogen (secondary N) is 2. The highest BCUT2D eigenvalue weighted by molar-refractivity contribution is 5.82. The van der Waals surface area contributed by atoms with Crippen LogP contribution in [0.15, 0.2) is 24.3 Å². The van der Waals surface area contributed by atoms with E-state index in [1.54, 1.807) is 0 Å². The van der Waals surface area contributed by atoms with Gasteiger partial charge in [0.05, 0.1) is 5.56 Å². The molecular formula is C13H15F3N2O3. The minimum atomic E-state index is -4.38. The van der Waals surface area contributed by atoms with Crippen LogP contribution in [0.1, 0.15) is 18.1 Å². The van der Waals surface area contributed by atoms with Gasteiger partial charge in [-0.05, 0) is 17.7 Å². The fourth-order valence-corrected chi connectivity index (χ4v) is 1.62. The molecule has 21 heavy (non-hydrogen) atoms. The number of carboxylic acid groups (broad SMARTS) is 1. The average Bonchev–Trinajstić information content (AvgIpc) is 2.36. The summed E-state index contributed by atoms with van der Waals surface area (Å²) in [6, 6.07) is 3.45. The Morgan fingerprint density at radius 1 is 1.24 bits per heavy atom. The van der Waals surface area contributed by atoms with E-state index >= 15 is 0 Å². The molecule has 0 fully saturated rings. The normalized spacial score (nSPS) is 12.8. The van der Waals surface area contributed by atoms with Gasteiger partial charge in [0.1, 0.15) is 6.04 Å². The van der Waals surface area contributed by atoms with Gasteiger partial charge in [0.15, 0.2) is 0 Å². The highest BCUT2D eigenvalue weighted by atomic mass is 19.4. The molecule has 1 atom stereocenters. The number of benzene rings is 1. The van der Waals surface area contributed by atoms with Crippen LogP contribution < -0.4 is 10.6 Å². The smallest absolute Gasteiger partial charge is 0.416 e. The summed E-state index contributed by atoms with van der Waals surface area (Å²) in [7, 11) is 0. The van der Waals surface area contributed by atoms with Gasteiger partial charge in [0.25, 0.3) is 0 Å². The predicted octanol–water partition coefficient (Wildman–Crippen LogP) is 1.38. The number of carbonyl (C=O) groups is 2. The Labute approximate surface area is 119 Å². The Hall–Kier alpha value is -2.09. The molecular weight excluding hydrogens is 289 g/mol. The maximum atomic E-state index is 12.4. The molecule has 1 aromatic rings. The third-order valence-electron chi connectivity index (χ3n) is 2.63. The van der Waals surface area contributed by atoms with Crippen molar-refractivity contribution in [1.82, 2.24) is 10.6 Å². The van der Waals surface area contributed by atoms with Crippen LogP contribution >= 0.6 is 0 Å². The third kappa shape index (κ3) is 5.82. The molecule has 1 aromatic carbocycles. The van der Waals surface area contributed by atoms with Crippen molar-refractivity contribution >= 4 is 11.9 Å². The van der Waals surface area contributed by atoms with E-state index in [1.165, 1.54) is 19.1 Å². The first-order chi connectivity index (χ1) is 9.70. The molecule has 0 aliphatic carbocycles. The highest BCUT2D eigenvalue weighted by Crippen LogP contribution is 2.28. The molecule has 0 radical (unpaired) electrons. The zero-order valence-corrected chi connectivity index (χ0v) is 11.2. The van der Waals surface area contributed by atoms with Crippen LogP contribution in [0, 0.1) is 0 Å². The van der Waals surface area contributed by atoms with E-state index in [2.05, 4.69) is 10.6 Å². The van der Waals surface area contributed by atoms with Gasteiger partial charge in [0.2, 0.25) is 5.91 Å². The van der Waals surface area contributed by atoms with Crippen LogP contribution in [0.5, 0.6) is 0 Å². The molecule has 0 saturated carbocycles. The highest BCUT2D eigenvalue weighted by Gasteiger charge is 2.29. The molecule has 1 amide bonds. The topological polar surface area (TPSA) is 78.4 Å². The molecule has 5 nitrogen and oxygen atoms in total. The fraction of sp³-hybridized carbons (Fsp3) is 0.385. The summed E-state index contributed by atoms with van der Waals surface area (Å²) in [4.78, 5) is 21.7. The second-order valence-corrected chi connectivity index (χ2v) is 4.42. The second-order valence-electron chi connectivity index (χ2n) is 4.42. The van der Waals surface area contributed by atoms with E-state index in [0.29, 0.717) is 5.56 Å². The zero-order chi connectivity index (χ0) is 16.0. The molecule has 0 aliphatic heterocycles. The van der Waals surface area contributed by atoms with Crippen LogP contribution in [0.4, 0.5) is 13.2 Å². The van der Waals surface area contributed by atoms with Crippen LogP contribution in [0.25, 0.3) is 0 Å². The van der Waals surface area contributed by atoms with Gasteiger partial charge in [-0.25, -0.2) is 4.79 Å². The summed E-state index contributed by atoms with van der Waals surface area (Å²) < 4.78 is 37.1. The lowest BCUT2D eigenvalue weighted by Crippen LogP contribution is -2.46. The average molecular weight is 304 g/mol. The van der Waals surface area contributed by atoms with Crippen molar-refractivity contribution in [3.8, 4) is 0 Å².